The van der Waals surface area contributed by atoms with E-state index in [-0.39, 0.29) is 55.6 Å². The van der Waals surface area contributed by atoms with Crippen molar-refractivity contribution in [2.24, 2.45) is 5.92 Å². The predicted octanol–water partition coefficient (Wildman–Crippen LogP) is 11.4. The number of likely N-dealkylation sites (tertiary alicyclic amines) is 1. The van der Waals surface area contributed by atoms with Crippen LogP contribution in [0.15, 0.2) is 35.8 Å². The Bertz CT molecular complexity index is 5770. The van der Waals surface area contributed by atoms with Crippen molar-refractivity contribution >= 4 is 99.2 Å². The molecule has 8 aliphatic rings. The lowest BCUT2D eigenvalue weighted by Crippen LogP contribution is -2.40. The maximum absolute atomic E-state index is 12.6. The van der Waals surface area contributed by atoms with Crippen LogP contribution in [0.2, 0.25) is 10.3 Å². The summed E-state index contributed by atoms with van der Waals surface area (Å²) in [5.74, 6) is 1.03. The number of H-pyrrole nitrogens is 1. The molecule has 4 amide bonds. The number of esters is 1. The number of rotatable bonds is 4. The number of aromatic amines is 1. The third kappa shape index (κ3) is 22.3. The van der Waals surface area contributed by atoms with Crippen molar-refractivity contribution in [3.8, 4) is 0 Å². The Morgan fingerprint density at radius 3 is 1.13 bits per heavy atom. The number of halogens is 2. The summed E-state index contributed by atoms with van der Waals surface area (Å²) >= 11 is 12.9. The number of carbonyl (C=O) groups excluding carboxylic acids is 6. The third-order valence-corrected chi connectivity index (χ3v) is 23.8. The van der Waals surface area contributed by atoms with Gasteiger partial charge in [0.1, 0.15) is 56.0 Å². The van der Waals surface area contributed by atoms with Crippen molar-refractivity contribution < 1.29 is 52.5 Å². The van der Waals surface area contributed by atoms with Crippen LogP contribution in [0.25, 0.3) is 28.2 Å². The van der Waals surface area contributed by atoms with E-state index in [1.807, 2.05) is 118 Å². The van der Waals surface area contributed by atoms with Gasteiger partial charge in [-0.1, -0.05) is 23.2 Å². The first-order valence-electron chi connectivity index (χ1n) is 44.6. The maximum atomic E-state index is 12.6. The number of anilines is 2. The van der Waals surface area contributed by atoms with Crippen molar-refractivity contribution in [1.29, 1.82) is 0 Å². The molecule has 35 nitrogen and oxygen atoms in total. The quantitative estimate of drug-likeness (QED) is 0.0637. The molecular weight excluding hydrogens is 1670 g/mol. The van der Waals surface area contributed by atoms with E-state index in [0.29, 0.717) is 87.9 Å². The highest BCUT2D eigenvalue weighted by molar-refractivity contribution is 6.31. The molecule has 3 N–H and O–H groups in total. The molecule has 37 heteroatoms. The van der Waals surface area contributed by atoms with Crippen molar-refractivity contribution in [3.05, 3.63) is 136 Å². The summed E-state index contributed by atoms with van der Waals surface area (Å²) in [5.41, 5.74) is 18.0. The number of hydrogen-bond donors (Lipinski definition) is 3. The van der Waals surface area contributed by atoms with Gasteiger partial charge < -0.3 is 63.7 Å². The van der Waals surface area contributed by atoms with Gasteiger partial charge >= 0.3 is 30.3 Å². The first-order chi connectivity index (χ1) is 60.2. The molecule has 0 aromatic carbocycles. The lowest BCUT2D eigenvalue weighted by atomic mass is 10.00. The Hall–Kier alpha value is -10.8. The van der Waals surface area contributed by atoms with Crippen LogP contribution in [0.1, 0.15) is 200 Å². The number of Topliss-reactive ketones (excluding diaryl/α,β-unsaturated/α-hetero) is 1. The molecule has 0 spiro atoms. The number of hydrogen-bond acceptors (Lipinski definition) is 25. The number of ether oxygens (including phenoxy) is 5. The number of aromatic nitrogens is 15. The van der Waals surface area contributed by atoms with Gasteiger partial charge in [0.2, 0.25) is 0 Å². The Labute approximate surface area is 750 Å². The molecule has 0 aliphatic carbocycles. The molecule has 10 aromatic heterocycles. The van der Waals surface area contributed by atoms with E-state index in [0.717, 1.165) is 181 Å². The second kappa shape index (κ2) is 39.4. The van der Waals surface area contributed by atoms with E-state index < -0.39 is 40.4 Å². The minimum Gasteiger partial charge on any atom is -0.465 e. The number of fused-ring (bicyclic) bond motifs is 10. The zero-order valence-corrected chi connectivity index (χ0v) is 78.5. The number of ketones is 1. The number of nitrogens with zero attached hydrogens (tertiary/aromatic N) is 20. The fraction of sp³-hybridized carbons (Fsp3) is 0.600. The van der Waals surface area contributed by atoms with Gasteiger partial charge in [-0.05, 0) is 189 Å². The van der Waals surface area contributed by atoms with E-state index in [4.69, 9.17) is 61.8 Å². The molecule has 3 saturated heterocycles. The fourth-order valence-corrected chi connectivity index (χ4v) is 16.9. The summed E-state index contributed by atoms with van der Waals surface area (Å²) in [4.78, 5) is 120. The molecule has 0 saturated carbocycles. The first kappa shape index (κ1) is 93.8. The van der Waals surface area contributed by atoms with Gasteiger partial charge in [0.25, 0.3) is 5.56 Å². The van der Waals surface area contributed by atoms with Crippen molar-refractivity contribution in [2.75, 3.05) is 121 Å². The molecule has 1 atom stereocenters. The van der Waals surface area contributed by atoms with Crippen LogP contribution in [0.3, 0.4) is 0 Å². The highest BCUT2D eigenvalue weighted by Gasteiger charge is 2.37. The standard InChI is InChI=1S/C19H27N5O2.C16H21ClN4O2.C16H22N4O3.C14H19N5.C14H23NO5.C11H13ClN4/c1-13-12-20-24-16(13)21-15-7-11-23(18(25)26-19(2,3)4)10-6-14(15)17(24)22-8-5-9-22;1-10-9-18-21-13(17)11-5-7-20(15(22)23-16(2,3)4)8-6-12(11)19-14(10)21;1-10-9-17-20-13(10)18-12-6-8-19(7-5-11(12)14(20)21)15(22)23-16(2,3)4;1-10-9-16-19-13(10)17-12-4-6-15-5-3-11(12)14(19)18-7-2-8-18;1-5-19-12(17)10-6-8-15(9-7-11(10)16)13(18)20-14(2,3)4;1-7-6-14-16-10(12)8-2-4-13-5-3-9(8)15-11(7)16/h12H,5-11H2,1-4H3;9H,5-8H2,1-4H3;9,17H,5-8H2,1-4H3;9,15H,2-8H2,1H3;10H,5-9H2,1-4H3;6,13H,2-5H2,1H3. The summed E-state index contributed by atoms with van der Waals surface area (Å²) in [6.45, 7) is 46.6. The Morgan fingerprint density at radius 1 is 0.394 bits per heavy atom. The summed E-state index contributed by atoms with van der Waals surface area (Å²) in [7, 11) is 0. The smallest absolute Gasteiger partial charge is 0.410 e. The summed E-state index contributed by atoms with van der Waals surface area (Å²) in [5, 5.41) is 28.7. The van der Waals surface area contributed by atoms with Crippen LogP contribution in [0.4, 0.5) is 30.8 Å². The fourth-order valence-electron chi connectivity index (χ4n) is 16.2. The zero-order valence-electron chi connectivity index (χ0n) is 77.0. The normalized spacial score (nSPS) is 17.3. The van der Waals surface area contributed by atoms with Crippen molar-refractivity contribution in [1.82, 2.24) is 103 Å². The SMILES string of the molecule is CCOC(=O)C1CCN(C(=O)OC(C)(C)C)CCC1=O.Cc1c[nH]n2c(=O)c3c(nc12)CCN(C(=O)OC(C)(C)C)CC3.Cc1cnn2c(Cl)c3c(nc12)CCN(C(=O)OC(C)(C)C)CC3.Cc1cnn2c(Cl)c3c(nc12)CCNCC3.Cc1cnn2c(N3CCC3)c3c(nc12)CCN(C(=O)OC(C)(C)C)CC3.Cc1cnn2c(N3CCC3)c3c(nc12)CCNCC3. The third-order valence-electron chi connectivity index (χ3n) is 23.0. The molecule has 1 unspecified atom stereocenters. The molecule has 10 aromatic rings. The minimum atomic E-state index is -0.762. The van der Waals surface area contributed by atoms with Gasteiger partial charge in [-0.15, -0.1) is 0 Å². The van der Waals surface area contributed by atoms with Crippen LogP contribution in [-0.4, -0.2) is 262 Å². The van der Waals surface area contributed by atoms with Gasteiger partial charge in [0.15, 0.2) is 28.2 Å². The molecule has 18 heterocycles. The van der Waals surface area contributed by atoms with Crippen LogP contribution in [0, 0.1) is 40.5 Å². The van der Waals surface area contributed by atoms with Gasteiger partial charge in [-0.3, -0.25) is 19.5 Å². The summed E-state index contributed by atoms with van der Waals surface area (Å²) in [6.07, 6.45) is 18.6. The Morgan fingerprint density at radius 2 is 0.717 bits per heavy atom. The molecule has 0 radical (unpaired) electrons. The molecule has 3 fully saturated rings. The second-order valence-electron chi connectivity index (χ2n) is 37.4. The Kier molecular flexibility index (Phi) is 29.1. The lowest BCUT2D eigenvalue weighted by molar-refractivity contribution is -0.151. The monoisotopic (exact) mass is 1790 g/mol. The average molecular weight is 1790 g/mol. The predicted molar refractivity (Wildman–Crippen MR) is 483 cm³/mol. The zero-order chi connectivity index (χ0) is 91.3. The molecule has 8 aliphatic heterocycles. The molecule has 686 valence electrons. The van der Waals surface area contributed by atoms with Crippen LogP contribution in [0.5, 0.6) is 0 Å². The second-order valence-corrected chi connectivity index (χ2v) is 38.2. The lowest BCUT2D eigenvalue weighted by Gasteiger charge is -2.35. The van der Waals surface area contributed by atoms with Crippen LogP contribution >= 0.6 is 23.2 Å². The average Bonchev–Trinajstić information content (AvgIpc) is 1.65. The van der Waals surface area contributed by atoms with Crippen molar-refractivity contribution in [2.45, 2.75) is 237 Å². The summed E-state index contributed by atoms with van der Waals surface area (Å²) < 4.78 is 35.5. The largest absolute Gasteiger partial charge is 0.465 e. The van der Waals surface area contributed by atoms with Gasteiger partial charge in [-0.2, -0.15) is 29.4 Å². The topological polar surface area (TPSA) is 363 Å². The van der Waals surface area contributed by atoms with E-state index in [1.54, 1.807) is 58.9 Å². The van der Waals surface area contributed by atoms with Crippen molar-refractivity contribution in [3.63, 3.8) is 0 Å². The number of carbonyl (C=O) groups is 6. The van der Waals surface area contributed by atoms with E-state index in [1.165, 1.54) is 50.5 Å². The summed E-state index contributed by atoms with van der Waals surface area (Å²) in [6, 6.07) is 0. The van der Waals surface area contributed by atoms with E-state index in [2.05, 4.69) is 67.3 Å². The van der Waals surface area contributed by atoms with E-state index >= 15 is 0 Å². The van der Waals surface area contributed by atoms with Gasteiger partial charge in [0.05, 0.1) is 59.9 Å². The number of aryl methyl sites for hydroxylation is 5. The van der Waals surface area contributed by atoms with Crippen LogP contribution in [-0.2, 0) is 97.5 Å². The van der Waals surface area contributed by atoms with Gasteiger partial charge in [0, 0.05) is 192 Å². The first-order valence-corrected chi connectivity index (χ1v) is 45.3. The highest BCUT2D eigenvalue weighted by Crippen LogP contribution is 2.35. The van der Waals surface area contributed by atoms with Crippen LogP contribution < -0.4 is 26.0 Å². The number of nitrogens with one attached hydrogen (secondary N) is 3. The molecule has 127 heavy (non-hydrogen) atoms. The van der Waals surface area contributed by atoms with Gasteiger partial charge in [-0.25, -0.2) is 57.6 Å². The van der Waals surface area contributed by atoms with E-state index in [9.17, 15) is 33.6 Å². The maximum Gasteiger partial charge on any atom is 0.410 e. The number of amides is 4. The molecule has 18 rings (SSSR count). The molecule has 0 bridgehead atoms. The molecular formula is C90H125Cl2N23O12. The highest BCUT2D eigenvalue weighted by atomic mass is 35.5. The minimum absolute atomic E-state index is 0.0795. The Balaban J connectivity index is 0.000000131.